The molecule has 0 bridgehead atoms. The van der Waals surface area contributed by atoms with Crippen molar-refractivity contribution >= 4 is 15.9 Å². The molecule has 1 aromatic rings. The quantitative estimate of drug-likeness (QED) is 0.777. The van der Waals surface area contributed by atoms with E-state index in [0.29, 0.717) is 11.9 Å². The van der Waals surface area contributed by atoms with Gasteiger partial charge in [-0.3, -0.25) is 0 Å². The van der Waals surface area contributed by atoms with Gasteiger partial charge < -0.3 is 9.47 Å². The Morgan fingerprint density at radius 2 is 1.83 bits per heavy atom. The van der Waals surface area contributed by atoms with Crippen LogP contribution in [0.2, 0.25) is 0 Å². The number of aromatic nitrogens is 2. The van der Waals surface area contributed by atoms with E-state index in [2.05, 4.69) is 25.9 Å². The van der Waals surface area contributed by atoms with E-state index < -0.39 is 0 Å². The van der Waals surface area contributed by atoms with Gasteiger partial charge in [0.15, 0.2) is 0 Å². The second kappa shape index (κ2) is 3.71. The lowest BCUT2D eigenvalue weighted by molar-refractivity contribution is 0.349. The Labute approximate surface area is 79.1 Å². The van der Waals surface area contributed by atoms with Crippen molar-refractivity contribution < 1.29 is 9.47 Å². The highest BCUT2D eigenvalue weighted by Gasteiger charge is 2.08. The van der Waals surface area contributed by atoms with E-state index in [0.717, 1.165) is 10.2 Å². The minimum Gasteiger partial charge on any atom is -0.480 e. The lowest BCUT2D eigenvalue weighted by Crippen LogP contribution is -1.98. The molecule has 0 saturated heterocycles. The molecule has 0 aliphatic carbocycles. The maximum atomic E-state index is 4.99. The van der Waals surface area contributed by atoms with E-state index >= 15 is 0 Å². The summed E-state index contributed by atoms with van der Waals surface area (Å²) in [6, 6.07) is 0.313. The summed E-state index contributed by atoms with van der Waals surface area (Å²) in [6.45, 7) is 1.84. The molecule has 0 aliphatic rings. The molecule has 66 valence electrons. The summed E-state index contributed by atoms with van der Waals surface area (Å²) in [5.74, 6) is 0.486. The first-order chi connectivity index (χ1) is 5.69. The number of methoxy groups -OCH3 is 2. The van der Waals surface area contributed by atoms with Gasteiger partial charge in [0, 0.05) is 0 Å². The van der Waals surface area contributed by atoms with Gasteiger partial charge in [-0.15, -0.1) is 0 Å². The standard InChI is InChI=1S/C7H9BrN2O2/c1-4-5(8)6(11-2)10-7(9-4)12-3/h1-3H3. The summed E-state index contributed by atoms with van der Waals surface area (Å²) >= 11 is 3.30. The Balaban J connectivity index is 3.19. The fourth-order valence-electron chi connectivity index (χ4n) is 0.735. The minimum absolute atomic E-state index is 0.313. The molecule has 1 aromatic heterocycles. The normalized spacial score (nSPS) is 9.67. The molecule has 1 heterocycles. The number of nitrogens with zero attached hydrogens (tertiary/aromatic N) is 2. The molecule has 0 radical (unpaired) electrons. The first-order valence-corrected chi connectivity index (χ1v) is 4.10. The maximum absolute atomic E-state index is 4.99. The van der Waals surface area contributed by atoms with E-state index in [1.54, 1.807) is 7.11 Å². The molecule has 0 aliphatic heterocycles. The number of hydrogen-bond acceptors (Lipinski definition) is 4. The second-order valence-corrected chi connectivity index (χ2v) is 2.91. The zero-order valence-electron chi connectivity index (χ0n) is 7.09. The van der Waals surface area contributed by atoms with Gasteiger partial charge in [-0.05, 0) is 22.9 Å². The fourth-order valence-corrected chi connectivity index (χ4v) is 1.07. The molecular formula is C7H9BrN2O2. The highest BCUT2D eigenvalue weighted by atomic mass is 79.9. The van der Waals surface area contributed by atoms with E-state index in [1.807, 2.05) is 6.92 Å². The van der Waals surface area contributed by atoms with Crippen molar-refractivity contribution in [2.24, 2.45) is 0 Å². The molecule has 4 nitrogen and oxygen atoms in total. The molecule has 0 amide bonds. The van der Waals surface area contributed by atoms with Gasteiger partial charge in [0.25, 0.3) is 0 Å². The molecule has 0 N–H and O–H groups in total. The highest BCUT2D eigenvalue weighted by Crippen LogP contribution is 2.26. The Bertz CT molecular complexity index is 291. The van der Waals surface area contributed by atoms with Crippen LogP contribution >= 0.6 is 15.9 Å². The van der Waals surface area contributed by atoms with Crippen molar-refractivity contribution in [2.45, 2.75) is 6.92 Å². The van der Waals surface area contributed by atoms with E-state index in [1.165, 1.54) is 7.11 Å². The zero-order chi connectivity index (χ0) is 9.14. The molecule has 5 heteroatoms. The summed E-state index contributed by atoms with van der Waals surface area (Å²) in [5.41, 5.74) is 0.790. The van der Waals surface area contributed by atoms with Crippen molar-refractivity contribution in [1.82, 2.24) is 9.97 Å². The number of ether oxygens (including phenoxy) is 2. The van der Waals surface area contributed by atoms with Gasteiger partial charge in [0.1, 0.15) is 4.47 Å². The summed E-state index contributed by atoms with van der Waals surface area (Å²) in [6.07, 6.45) is 0. The van der Waals surface area contributed by atoms with Crippen LogP contribution in [0.1, 0.15) is 5.69 Å². The third-order valence-electron chi connectivity index (χ3n) is 1.34. The average Bonchev–Trinajstić information content (AvgIpc) is 2.09. The Morgan fingerprint density at radius 1 is 1.17 bits per heavy atom. The molecule has 0 spiro atoms. The lowest BCUT2D eigenvalue weighted by Gasteiger charge is -2.05. The maximum Gasteiger partial charge on any atom is 0.319 e. The highest BCUT2D eigenvalue weighted by molar-refractivity contribution is 9.10. The van der Waals surface area contributed by atoms with E-state index in [9.17, 15) is 0 Å². The summed E-state index contributed by atoms with van der Waals surface area (Å²) in [5, 5.41) is 0. The Kier molecular flexibility index (Phi) is 2.86. The van der Waals surface area contributed by atoms with Crippen LogP contribution in [0.4, 0.5) is 0 Å². The van der Waals surface area contributed by atoms with E-state index in [4.69, 9.17) is 9.47 Å². The van der Waals surface area contributed by atoms with Crippen molar-refractivity contribution in [3.05, 3.63) is 10.2 Å². The van der Waals surface area contributed by atoms with Gasteiger partial charge in [-0.25, -0.2) is 0 Å². The Hall–Kier alpha value is -0.840. The lowest BCUT2D eigenvalue weighted by atomic mass is 10.4. The fraction of sp³-hybridized carbons (Fsp3) is 0.429. The predicted molar refractivity (Wildman–Crippen MR) is 47.6 cm³/mol. The summed E-state index contributed by atoms with van der Waals surface area (Å²) < 4.78 is 10.6. The molecule has 1 rings (SSSR count). The topological polar surface area (TPSA) is 44.2 Å². The van der Waals surface area contributed by atoms with E-state index in [-0.39, 0.29) is 0 Å². The number of halogens is 1. The largest absolute Gasteiger partial charge is 0.480 e. The first-order valence-electron chi connectivity index (χ1n) is 3.31. The van der Waals surface area contributed by atoms with Crippen LogP contribution in [0.5, 0.6) is 11.9 Å². The molecular weight excluding hydrogens is 224 g/mol. The zero-order valence-corrected chi connectivity index (χ0v) is 8.67. The van der Waals surface area contributed by atoms with Crippen molar-refractivity contribution in [3.8, 4) is 11.9 Å². The third-order valence-corrected chi connectivity index (χ3v) is 2.25. The van der Waals surface area contributed by atoms with Gasteiger partial charge in [0.2, 0.25) is 5.88 Å². The number of rotatable bonds is 2. The average molecular weight is 233 g/mol. The van der Waals surface area contributed by atoms with Gasteiger partial charge in [0.05, 0.1) is 19.9 Å². The van der Waals surface area contributed by atoms with Crippen LogP contribution in [0, 0.1) is 6.92 Å². The van der Waals surface area contributed by atoms with Crippen molar-refractivity contribution in [3.63, 3.8) is 0 Å². The number of hydrogen-bond donors (Lipinski definition) is 0. The first kappa shape index (κ1) is 9.25. The molecule has 0 saturated carbocycles. The molecule has 0 aromatic carbocycles. The molecule has 0 fully saturated rings. The van der Waals surface area contributed by atoms with Crippen LogP contribution < -0.4 is 9.47 Å². The predicted octanol–water partition coefficient (Wildman–Crippen LogP) is 1.56. The van der Waals surface area contributed by atoms with Crippen molar-refractivity contribution in [1.29, 1.82) is 0 Å². The smallest absolute Gasteiger partial charge is 0.319 e. The molecule has 12 heavy (non-hydrogen) atoms. The second-order valence-electron chi connectivity index (χ2n) is 2.12. The molecule has 0 unspecified atom stereocenters. The SMILES string of the molecule is COc1nc(C)c(Br)c(OC)n1. The number of aryl methyl sites for hydroxylation is 1. The van der Waals surface area contributed by atoms with Gasteiger partial charge in [-0.1, -0.05) is 0 Å². The third kappa shape index (κ3) is 1.66. The van der Waals surface area contributed by atoms with Crippen LogP contribution in [0.3, 0.4) is 0 Å². The monoisotopic (exact) mass is 232 g/mol. The van der Waals surface area contributed by atoms with Gasteiger partial charge >= 0.3 is 6.01 Å². The Morgan fingerprint density at radius 3 is 2.33 bits per heavy atom. The summed E-state index contributed by atoms with van der Waals surface area (Å²) in [4.78, 5) is 8.01. The van der Waals surface area contributed by atoms with Crippen molar-refractivity contribution in [2.75, 3.05) is 14.2 Å². The van der Waals surface area contributed by atoms with Crippen LogP contribution in [0.15, 0.2) is 4.47 Å². The minimum atomic E-state index is 0.313. The van der Waals surface area contributed by atoms with Crippen LogP contribution in [-0.4, -0.2) is 24.2 Å². The van der Waals surface area contributed by atoms with Crippen LogP contribution in [0.25, 0.3) is 0 Å². The molecule has 0 atom stereocenters. The summed E-state index contributed by atoms with van der Waals surface area (Å²) in [7, 11) is 3.06. The van der Waals surface area contributed by atoms with Crippen LogP contribution in [-0.2, 0) is 0 Å². The van der Waals surface area contributed by atoms with Gasteiger partial charge in [-0.2, -0.15) is 9.97 Å².